The van der Waals surface area contributed by atoms with Gasteiger partial charge in [0.05, 0.1) is 6.42 Å². The van der Waals surface area contributed by atoms with Crippen LogP contribution in [0, 0.1) is 20.8 Å². The van der Waals surface area contributed by atoms with Gasteiger partial charge in [-0.05, 0) is 71.6 Å². The Morgan fingerprint density at radius 2 is 1.55 bits per heavy atom. The molecule has 10 heteroatoms. The predicted molar refractivity (Wildman–Crippen MR) is 154 cm³/mol. The molecule has 2 aromatic rings. The molecule has 0 saturated heterocycles. The van der Waals surface area contributed by atoms with Crippen molar-refractivity contribution in [2.24, 2.45) is 5.73 Å². The van der Waals surface area contributed by atoms with Gasteiger partial charge in [0.25, 0.3) is 5.91 Å². The quantitative estimate of drug-likeness (QED) is 0.342. The lowest BCUT2D eigenvalue weighted by molar-refractivity contribution is -0.144. The van der Waals surface area contributed by atoms with Gasteiger partial charge in [0, 0.05) is 17.3 Å². The Kier molecular flexibility index (Phi) is 10.7. The number of phenolic OH excluding ortho intramolecular Hbond substituents is 1. The molecule has 0 aliphatic rings. The van der Waals surface area contributed by atoms with Crippen molar-refractivity contribution in [2.75, 3.05) is 5.32 Å². The third-order valence-corrected chi connectivity index (χ3v) is 6.53. The van der Waals surface area contributed by atoms with Crippen LogP contribution in [0.2, 0.25) is 0 Å². The molecule has 0 saturated carbocycles. The first-order valence-electron chi connectivity index (χ1n) is 13.3. The number of carbonyl (C=O) groups is 4. The number of primary amides is 1. The number of ether oxygens (including phenoxy) is 1. The van der Waals surface area contributed by atoms with Crippen molar-refractivity contribution in [2.45, 2.75) is 92.0 Å². The van der Waals surface area contributed by atoms with Crippen LogP contribution in [0.3, 0.4) is 0 Å². The highest BCUT2D eigenvalue weighted by Crippen LogP contribution is 2.35. The first kappa shape index (κ1) is 32.1. The Morgan fingerprint density at radius 1 is 1.00 bits per heavy atom. The third kappa shape index (κ3) is 8.21. The second-order valence-electron chi connectivity index (χ2n) is 11.0. The number of nitrogens with one attached hydrogen (secondary N) is 2. The van der Waals surface area contributed by atoms with Crippen LogP contribution in [-0.2, 0) is 19.1 Å². The molecular formula is C30H42N4O6. The van der Waals surface area contributed by atoms with Crippen LogP contribution >= 0.6 is 0 Å². The number of phenols is 1. The van der Waals surface area contributed by atoms with Gasteiger partial charge in [0.1, 0.15) is 23.4 Å². The molecule has 2 aromatic carbocycles. The summed E-state index contributed by atoms with van der Waals surface area (Å²) in [4.78, 5) is 54.1. The standard InChI is InChI=1S/C30H42N4O6/c1-9-20(5)34(28(38)22(16-23(31)35)32-29(39)40-30(6,7)8)25(21-15-11-14-19(4)26(21)36)27(37)33-24-17(2)12-10-13-18(24)3/h10-15,20,22,25,36H,9,16H2,1-8H3,(H2,31,35)(H,32,39)(H,33,37). The van der Waals surface area contributed by atoms with Crippen LogP contribution in [0.4, 0.5) is 10.5 Å². The first-order valence-corrected chi connectivity index (χ1v) is 13.3. The number of carbonyl (C=O) groups excluding carboxylic acids is 4. The molecule has 0 heterocycles. The molecular weight excluding hydrogens is 512 g/mol. The van der Waals surface area contributed by atoms with E-state index >= 15 is 0 Å². The van der Waals surface area contributed by atoms with Crippen molar-refractivity contribution < 1.29 is 29.0 Å². The molecule has 218 valence electrons. The fraction of sp³-hybridized carbons (Fsp3) is 0.467. The van der Waals surface area contributed by atoms with E-state index in [0.717, 1.165) is 11.1 Å². The molecule has 0 radical (unpaired) electrons. The average molecular weight is 555 g/mol. The Labute approximate surface area is 236 Å². The number of amides is 4. The molecule has 0 fully saturated rings. The number of alkyl carbamates (subject to hydrolysis) is 1. The van der Waals surface area contributed by atoms with E-state index in [-0.39, 0.29) is 11.3 Å². The molecule has 0 aliphatic carbocycles. The third-order valence-electron chi connectivity index (χ3n) is 6.53. The van der Waals surface area contributed by atoms with Gasteiger partial charge in [-0.25, -0.2) is 4.79 Å². The Hall–Kier alpha value is -4.08. The predicted octanol–water partition coefficient (Wildman–Crippen LogP) is 4.39. The first-order chi connectivity index (χ1) is 18.6. The number of aryl methyl sites for hydroxylation is 3. The second kappa shape index (κ2) is 13.3. The van der Waals surface area contributed by atoms with Crippen LogP contribution in [0.1, 0.15) is 75.8 Å². The molecule has 2 rings (SSSR count). The Balaban J connectivity index is 2.68. The SMILES string of the molecule is CCC(C)N(C(=O)C(CC(N)=O)NC(=O)OC(C)(C)C)C(C(=O)Nc1c(C)cccc1C)c1cccc(C)c1O. The van der Waals surface area contributed by atoms with E-state index in [1.54, 1.807) is 52.8 Å². The summed E-state index contributed by atoms with van der Waals surface area (Å²) in [6, 6.07) is 7.26. The van der Waals surface area contributed by atoms with E-state index in [1.165, 1.54) is 4.90 Å². The fourth-order valence-corrected chi connectivity index (χ4v) is 4.35. The van der Waals surface area contributed by atoms with Gasteiger partial charge in [-0.2, -0.15) is 0 Å². The smallest absolute Gasteiger partial charge is 0.408 e. The van der Waals surface area contributed by atoms with Crippen molar-refractivity contribution in [1.29, 1.82) is 0 Å². The summed E-state index contributed by atoms with van der Waals surface area (Å²) in [5, 5.41) is 16.5. The molecule has 5 N–H and O–H groups in total. The molecule has 0 bridgehead atoms. The number of hydrogen-bond donors (Lipinski definition) is 4. The van der Waals surface area contributed by atoms with E-state index in [2.05, 4.69) is 10.6 Å². The van der Waals surface area contributed by atoms with Gasteiger partial charge in [-0.15, -0.1) is 0 Å². The van der Waals surface area contributed by atoms with Crippen LogP contribution in [0.25, 0.3) is 0 Å². The molecule has 10 nitrogen and oxygen atoms in total. The van der Waals surface area contributed by atoms with Gasteiger partial charge in [0.2, 0.25) is 11.8 Å². The van der Waals surface area contributed by atoms with Crippen molar-refractivity contribution in [1.82, 2.24) is 10.2 Å². The van der Waals surface area contributed by atoms with Gasteiger partial charge >= 0.3 is 6.09 Å². The number of nitrogens with two attached hydrogens (primary N) is 1. The topological polar surface area (TPSA) is 151 Å². The monoisotopic (exact) mass is 554 g/mol. The molecule has 40 heavy (non-hydrogen) atoms. The highest BCUT2D eigenvalue weighted by atomic mass is 16.6. The van der Waals surface area contributed by atoms with Crippen LogP contribution in [-0.4, -0.2) is 51.5 Å². The lowest BCUT2D eigenvalue weighted by atomic mass is 9.96. The number of nitrogens with zero attached hydrogens (tertiary/aromatic N) is 1. The maximum atomic E-state index is 14.2. The van der Waals surface area contributed by atoms with Gasteiger partial charge < -0.3 is 31.1 Å². The zero-order chi connectivity index (χ0) is 30.4. The lowest BCUT2D eigenvalue weighted by Crippen LogP contribution is -2.55. The minimum absolute atomic E-state index is 0.142. The van der Waals surface area contributed by atoms with Crippen LogP contribution < -0.4 is 16.4 Å². The van der Waals surface area contributed by atoms with Gasteiger partial charge in [-0.1, -0.05) is 43.3 Å². The van der Waals surface area contributed by atoms with E-state index < -0.39 is 54.0 Å². The minimum atomic E-state index is -1.41. The van der Waals surface area contributed by atoms with E-state index in [4.69, 9.17) is 10.5 Å². The van der Waals surface area contributed by atoms with Crippen molar-refractivity contribution >= 4 is 29.5 Å². The Morgan fingerprint density at radius 3 is 2.08 bits per heavy atom. The molecule has 0 aliphatic heterocycles. The molecule has 4 amide bonds. The summed E-state index contributed by atoms with van der Waals surface area (Å²) in [7, 11) is 0. The summed E-state index contributed by atoms with van der Waals surface area (Å²) in [6.45, 7) is 14.0. The number of para-hydroxylation sites is 2. The van der Waals surface area contributed by atoms with E-state index in [9.17, 15) is 24.3 Å². The van der Waals surface area contributed by atoms with Crippen molar-refractivity contribution in [3.05, 3.63) is 58.7 Å². The van der Waals surface area contributed by atoms with Gasteiger partial charge in [-0.3, -0.25) is 14.4 Å². The highest BCUT2D eigenvalue weighted by Gasteiger charge is 2.40. The number of anilines is 1. The summed E-state index contributed by atoms with van der Waals surface area (Å²) in [5.74, 6) is -2.26. The molecule has 0 spiro atoms. The number of hydrogen-bond acceptors (Lipinski definition) is 6. The van der Waals surface area contributed by atoms with Crippen LogP contribution in [0.5, 0.6) is 5.75 Å². The van der Waals surface area contributed by atoms with E-state index in [1.807, 2.05) is 39.0 Å². The highest BCUT2D eigenvalue weighted by molar-refractivity contribution is 6.01. The maximum absolute atomic E-state index is 14.2. The zero-order valence-electron chi connectivity index (χ0n) is 24.6. The number of rotatable bonds is 10. The summed E-state index contributed by atoms with van der Waals surface area (Å²) in [6.07, 6.45) is -0.997. The average Bonchev–Trinajstić information content (AvgIpc) is 2.84. The lowest BCUT2D eigenvalue weighted by Gasteiger charge is -2.38. The maximum Gasteiger partial charge on any atom is 0.408 e. The summed E-state index contributed by atoms with van der Waals surface area (Å²) >= 11 is 0. The minimum Gasteiger partial charge on any atom is -0.507 e. The van der Waals surface area contributed by atoms with Crippen molar-refractivity contribution in [3.8, 4) is 5.75 Å². The molecule has 0 aromatic heterocycles. The number of benzene rings is 2. The second-order valence-corrected chi connectivity index (χ2v) is 11.0. The Bertz CT molecular complexity index is 1230. The summed E-state index contributed by atoms with van der Waals surface area (Å²) < 4.78 is 5.31. The summed E-state index contributed by atoms with van der Waals surface area (Å²) in [5.41, 5.74) is 7.53. The van der Waals surface area contributed by atoms with Crippen molar-refractivity contribution in [3.63, 3.8) is 0 Å². The largest absolute Gasteiger partial charge is 0.507 e. The van der Waals surface area contributed by atoms with E-state index in [0.29, 0.717) is 17.7 Å². The molecule has 3 atom stereocenters. The zero-order valence-corrected chi connectivity index (χ0v) is 24.6. The molecule has 3 unspecified atom stereocenters. The fourth-order valence-electron chi connectivity index (χ4n) is 4.35. The van der Waals surface area contributed by atoms with Gasteiger partial charge in [0.15, 0.2) is 0 Å². The normalized spacial score (nSPS) is 13.5. The van der Waals surface area contributed by atoms with Crippen LogP contribution in [0.15, 0.2) is 36.4 Å². The number of aromatic hydroxyl groups is 1.